The number of nitrogens with zero attached hydrogens (tertiary/aromatic N) is 2. The summed E-state index contributed by atoms with van der Waals surface area (Å²) < 4.78 is 17.0. The van der Waals surface area contributed by atoms with Crippen LogP contribution in [-0.2, 0) is 6.54 Å². The lowest BCUT2D eigenvalue weighted by Crippen LogP contribution is -2.35. The maximum atomic E-state index is 13.0. The lowest BCUT2D eigenvalue weighted by Gasteiger charge is -2.21. The molecule has 6 nitrogen and oxygen atoms in total. The molecule has 4 aromatic rings. The zero-order valence-electron chi connectivity index (χ0n) is 20.6. The van der Waals surface area contributed by atoms with Crippen LogP contribution in [0.4, 0.5) is 0 Å². The molecule has 0 saturated carbocycles. The fourth-order valence-corrected chi connectivity index (χ4v) is 4.72. The predicted octanol–water partition coefficient (Wildman–Crippen LogP) is 5.89. The Morgan fingerprint density at radius 3 is 2.58 bits per heavy atom. The fraction of sp³-hybridized carbons (Fsp3) is 0.276. The molecule has 0 unspecified atom stereocenters. The predicted molar refractivity (Wildman–Crippen MR) is 144 cm³/mol. The average Bonchev–Trinajstić information content (AvgIpc) is 3.16. The topological polar surface area (TPSA) is 55.2 Å². The quantitative estimate of drug-likeness (QED) is 0.326. The van der Waals surface area contributed by atoms with Crippen LogP contribution in [0, 0.1) is 0 Å². The van der Waals surface area contributed by atoms with E-state index in [2.05, 4.69) is 29.2 Å². The molecule has 0 atom stereocenters. The zero-order valence-corrected chi connectivity index (χ0v) is 21.4. The second-order valence-electron chi connectivity index (χ2n) is 8.82. The van der Waals surface area contributed by atoms with Gasteiger partial charge in [0, 0.05) is 42.7 Å². The van der Waals surface area contributed by atoms with Crippen LogP contribution < -0.4 is 9.47 Å². The van der Waals surface area contributed by atoms with E-state index in [1.807, 2.05) is 47.4 Å². The van der Waals surface area contributed by atoms with Crippen molar-refractivity contribution in [2.75, 3.05) is 40.4 Å². The summed E-state index contributed by atoms with van der Waals surface area (Å²) in [6.45, 7) is 3.88. The first-order valence-corrected chi connectivity index (χ1v) is 12.0. The van der Waals surface area contributed by atoms with Crippen LogP contribution in [0.25, 0.3) is 22.1 Å². The second kappa shape index (κ2) is 11.5. The summed E-state index contributed by atoms with van der Waals surface area (Å²) in [7, 11) is 3.31. The maximum absolute atomic E-state index is 13.0. The highest BCUT2D eigenvalue weighted by atomic mass is 35.5. The number of fused-ring (bicyclic) bond motifs is 1. The van der Waals surface area contributed by atoms with Crippen LogP contribution in [0.5, 0.6) is 11.5 Å². The number of methoxy groups -OCH3 is 2. The first-order valence-electron chi connectivity index (χ1n) is 12.0. The highest BCUT2D eigenvalue weighted by molar-refractivity contribution is 5.94. The minimum absolute atomic E-state index is 0. The Morgan fingerprint density at radius 1 is 0.889 bits per heavy atom. The molecule has 1 aliphatic rings. The van der Waals surface area contributed by atoms with Gasteiger partial charge in [0.1, 0.15) is 22.8 Å². The van der Waals surface area contributed by atoms with E-state index in [1.165, 1.54) is 0 Å². The van der Waals surface area contributed by atoms with Crippen LogP contribution >= 0.6 is 12.4 Å². The number of para-hydroxylation sites is 1. The molecule has 1 aliphatic heterocycles. The van der Waals surface area contributed by atoms with Crippen molar-refractivity contribution in [2.24, 2.45) is 0 Å². The smallest absolute Gasteiger partial charge is 0.254 e. The van der Waals surface area contributed by atoms with Gasteiger partial charge in [-0.05, 0) is 54.4 Å². The summed E-state index contributed by atoms with van der Waals surface area (Å²) in [5.41, 5.74) is 3.71. The SMILES string of the molecule is COc1cccc(C(=O)N2CCCN(Cc3cc4cc(-c5ccccc5OC)ccc4o3)CC2)c1.Cl. The summed E-state index contributed by atoms with van der Waals surface area (Å²) in [4.78, 5) is 17.3. The van der Waals surface area contributed by atoms with E-state index < -0.39 is 0 Å². The fourth-order valence-electron chi connectivity index (χ4n) is 4.72. The number of carbonyl (C=O) groups excluding carboxylic acids is 1. The minimum Gasteiger partial charge on any atom is -0.497 e. The van der Waals surface area contributed by atoms with Crippen molar-refractivity contribution in [3.8, 4) is 22.6 Å². The summed E-state index contributed by atoms with van der Waals surface area (Å²) >= 11 is 0. The van der Waals surface area contributed by atoms with Crippen molar-refractivity contribution < 1.29 is 18.7 Å². The minimum atomic E-state index is 0. The van der Waals surface area contributed by atoms with Gasteiger partial charge in [0.15, 0.2) is 0 Å². The number of hydrogen-bond acceptors (Lipinski definition) is 5. The molecule has 1 fully saturated rings. The normalized spacial score (nSPS) is 14.2. The Hall–Kier alpha value is -3.48. The first-order chi connectivity index (χ1) is 17.1. The number of furan rings is 1. The number of amides is 1. The molecular formula is C29H31ClN2O4. The summed E-state index contributed by atoms with van der Waals surface area (Å²) in [6, 6.07) is 23.8. The third-order valence-corrected chi connectivity index (χ3v) is 6.56. The summed E-state index contributed by atoms with van der Waals surface area (Å²) in [6.07, 6.45) is 0.924. The molecule has 0 spiro atoms. The van der Waals surface area contributed by atoms with E-state index in [9.17, 15) is 4.79 Å². The number of ether oxygens (including phenoxy) is 2. The number of rotatable bonds is 6. The molecule has 0 N–H and O–H groups in total. The van der Waals surface area contributed by atoms with Gasteiger partial charge in [-0.15, -0.1) is 12.4 Å². The van der Waals surface area contributed by atoms with Crippen LogP contribution in [0.3, 0.4) is 0 Å². The molecule has 0 aliphatic carbocycles. The highest BCUT2D eigenvalue weighted by Crippen LogP contribution is 2.33. The van der Waals surface area contributed by atoms with Crippen molar-refractivity contribution >= 4 is 29.3 Å². The Balaban J connectivity index is 0.00000304. The number of hydrogen-bond donors (Lipinski definition) is 0. The van der Waals surface area contributed by atoms with Gasteiger partial charge in [-0.25, -0.2) is 0 Å². The molecule has 3 aromatic carbocycles. The number of carbonyl (C=O) groups is 1. The standard InChI is InChI=1S/C29H30N2O4.ClH/c1-33-24-8-5-7-22(18-24)29(32)31-14-6-13-30(15-16-31)20-25-19-23-17-21(11-12-27(23)35-25)26-9-3-4-10-28(26)34-2;/h3-5,7-12,17-19H,6,13-16,20H2,1-2H3;1H. The monoisotopic (exact) mass is 506 g/mol. The summed E-state index contributed by atoms with van der Waals surface area (Å²) in [5, 5.41) is 1.08. The maximum Gasteiger partial charge on any atom is 0.254 e. The van der Waals surface area contributed by atoms with E-state index in [-0.39, 0.29) is 18.3 Å². The van der Waals surface area contributed by atoms with Crippen molar-refractivity contribution in [3.63, 3.8) is 0 Å². The van der Waals surface area contributed by atoms with E-state index in [0.717, 1.165) is 66.2 Å². The Morgan fingerprint density at radius 2 is 1.75 bits per heavy atom. The lowest BCUT2D eigenvalue weighted by molar-refractivity contribution is 0.0760. The van der Waals surface area contributed by atoms with Crippen LogP contribution in [0.15, 0.2) is 77.2 Å². The van der Waals surface area contributed by atoms with Crippen molar-refractivity contribution in [2.45, 2.75) is 13.0 Å². The summed E-state index contributed by atoms with van der Waals surface area (Å²) in [5.74, 6) is 2.54. The van der Waals surface area contributed by atoms with E-state index >= 15 is 0 Å². The Bertz CT molecular complexity index is 1340. The van der Waals surface area contributed by atoms with Crippen molar-refractivity contribution in [1.82, 2.24) is 9.80 Å². The molecule has 0 bridgehead atoms. The third-order valence-electron chi connectivity index (χ3n) is 6.56. The molecule has 5 rings (SSSR count). The first kappa shape index (κ1) is 25.6. The lowest BCUT2D eigenvalue weighted by atomic mass is 10.0. The largest absolute Gasteiger partial charge is 0.497 e. The van der Waals surface area contributed by atoms with Crippen LogP contribution in [0.2, 0.25) is 0 Å². The highest BCUT2D eigenvalue weighted by Gasteiger charge is 2.21. The number of benzene rings is 3. The molecule has 1 saturated heterocycles. The van der Waals surface area contributed by atoms with Crippen LogP contribution in [-0.4, -0.2) is 56.1 Å². The van der Waals surface area contributed by atoms with E-state index in [1.54, 1.807) is 20.3 Å². The van der Waals surface area contributed by atoms with Gasteiger partial charge in [-0.1, -0.05) is 30.3 Å². The molecule has 2 heterocycles. The number of halogens is 1. The van der Waals surface area contributed by atoms with Gasteiger partial charge in [0.05, 0.1) is 20.8 Å². The molecule has 0 radical (unpaired) electrons. The van der Waals surface area contributed by atoms with Gasteiger partial charge in [0.25, 0.3) is 5.91 Å². The second-order valence-corrected chi connectivity index (χ2v) is 8.82. The molecule has 1 aromatic heterocycles. The molecule has 188 valence electrons. The zero-order chi connectivity index (χ0) is 24.2. The van der Waals surface area contributed by atoms with E-state index in [4.69, 9.17) is 13.9 Å². The molecular weight excluding hydrogens is 476 g/mol. The van der Waals surface area contributed by atoms with Gasteiger partial charge in [0.2, 0.25) is 0 Å². The molecule has 1 amide bonds. The van der Waals surface area contributed by atoms with Crippen molar-refractivity contribution in [3.05, 3.63) is 84.1 Å². The van der Waals surface area contributed by atoms with Crippen molar-refractivity contribution in [1.29, 1.82) is 0 Å². The third kappa shape index (κ3) is 5.50. The molecule has 7 heteroatoms. The Labute approximate surface area is 217 Å². The van der Waals surface area contributed by atoms with Gasteiger partial charge < -0.3 is 18.8 Å². The van der Waals surface area contributed by atoms with Crippen LogP contribution in [0.1, 0.15) is 22.5 Å². The molecule has 36 heavy (non-hydrogen) atoms. The van der Waals surface area contributed by atoms with Gasteiger partial charge >= 0.3 is 0 Å². The van der Waals surface area contributed by atoms with Gasteiger partial charge in [-0.3, -0.25) is 9.69 Å². The average molecular weight is 507 g/mol. The van der Waals surface area contributed by atoms with Gasteiger partial charge in [-0.2, -0.15) is 0 Å². The van der Waals surface area contributed by atoms with E-state index in [0.29, 0.717) is 17.9 Å². The Kier molecular flexibility index (Phi) is 8.18.